The Hall–Kier alpha value is -3.99. The zero-order chi connectivity index (χ0) is 27.5. The number of carbonyl (C=O) groups excluding carboxylic acids is 3. The lowest BCUT2D eigenvalue weighted by Gasteiger charge is -2.32. The molecule has 0 aliphatic carbocycles. The van der Waals surface area contributed by atoms with Crippen LogP contribution in [0.4, 0.5) is 17.1 Å². The summed E-state index contributed by atoms with van der Waals surface area (Å²) in [5.41, 5.74) is 4.36. The van der Waals surface area contributed by atoms with E-state index in [-0.39, 0.29) is 11.8 Å². The minimum Gasteiger partial charge on any atom is -0.465 e. The number of esters is 1. The number of likely N-dealkylation sites (N-methyl/N-ethyl adjacent to an activating group) is 2. The van der Waals surface area contributed by atoms with Crippen molar-refractivity contribution in [3.05, 3.63) is 76.0 Å². The van der Waals surface area contributed by atoms with E-state index in [1.54, 1.807) is 30.1 Å². The first-order chi connectivity index (χ1) is 18.8. The Balaban J connectivity index is 1.38. The first kappa shape index (κ1) is 26.6. The van der Waals surface area contributed by atoms with Crippen molar-refractivity contribution in [2.24, 2.45) is 0 Å². The number of thiophene rings is 1. The van der Waals surface area contributed by atoms with Crippen LogP contribution in [0, 0.1) is 0 Å². The highest BCUT2D eigenvalue weighted by molar-refractivity contribution is 7.11. The van der Waals surface area contributed by atoms with Crippen LogP contribution < -0.4 is 15.5 Å². The summed E-state index contributed by atoms with van der Waals surface area (Å²) < 4.78 is 4.82. The summed E-state index contributed by atoms with van der Waals surface area (Å²) in [6.45, 7) is 4.10. The van der Waals surface area contributed by atoms with Crippen molar-refractivity contribution in [3.63, 3.8) is 0 Å². The minimum atomic E-state index is -0.465. The van der Waals surface area contributed by atoms with Crippen LogP contribution in [0.1, 0.15) is 20.8 Å². The molecule has 0 saturated carbocycles. The SMILES string of the molecule is COC(=O)c1ccc2c(c1)NC(=O)/C2=C(\Nc1ccc(N(C)C(=O)CN2CCN(C)CC2)cc1)c1cccs1. The molecule has 0 unspecified atom stereocenters. The minimum absolute atomic E-state index is 0.0483. The van der Waals surface area contributed by atoms with Gasteiger partial charge in [-0.15, -0.1) is 11.3 Å². The van der Waals surface area contributed by atoms with Gasteiger partial charge in [0.05, 0.1) is 41.1 Å². The summed E-state index contributed by atoms with van der Waals surface area (Å²) in [7, 11) is 5.21. The Labute approximate surface area is 231 Å². The number of anilines is 3. The molecule has 2 aliphatic rings. The molecule has 10 heteroatoms. The number of methoxy groups -OCH3 is 1. The number of hydrogen-bond acceptors (Lipinski definition) is 8. The van der Waals surface area contributed by atoms with Gasteiger partial charge in [-0.05, 0) is 54.9 Å². The average Bonchev–Trinajstić information content (AvgIpc) is 3.60. The fraction of sp³-hybridized carbons (Fsp3) is 0.276. The van der Waals surface area contributed by atoms with E-state index >= 15 is 0 Å². The van der Waals surface area contributed by atoms with Gasteiger partial charge in [-0.2, -0.15) is 0 Å². The maximum absolute atomic E-state index is 13.1. The first-order valence-corrected chi connectivity index (χ1v) is 13.6. The Morgan fingerprint density at radius 3 is 2.49 bits per heavy atom. The molecule has 2 aliphatic heterocycles. The van der Waals surface area contributed by atoms with Crippen LogP contribution in [0.5, 0.6) is 0 Å². The van der Waals surface area contributed by atoms with Gasteiger partial charge in [0, 0.05) is 50.2 Å². The average molecular weight is 546 g/mol. The van der Waals surface area contributed by atoms with Crippen molar-refractivity contribution >= 4 is 57.5 Å². The molecule has 1 aromatic heterocycles. The number of hydrogen-bond donors (Lipinski definition) is 2. The Morgan fingerprint density at radius 2 is 1.82 bits per heavy atom. The summed E-state index contributed by atoms with van der Waals surface area (Å²) in [6, 6.07) is 16.5. The summed E-state index contributed by atoms with van der Waals surface area (Å²) in [5.74, 6) is -0.672. The van der Waals surface area contributed by atoms with E-state index in [2.05, 4.69) is 27.5 Å². The standard InChI is InChI=1S/C29H31N5O4S/c1-32-12-14-34(15-13-32)18-25(35)33(2)21-9-7-20(8-10-21)30-27(24-5-4-16-39-24)26-22-11-6-19(29(37)38-3)17-23(22)31-28(26)36/h4-11,16-17,30H,12-15,18H2,1-3H3,(H,31,36)/b27-26-. The summed E-state index contributed by atoms with van der Waals surface area (Å²) in [4.78, 5) is 45.1. The third-order valence-electron chi connectivity index (χ3n) is 7.06. The van der Waals surface area contributed by atoms with E-state index in [0.29, 0.717) is 34.6 Å². The molecule has 1 fully saturated rings. The third-order valence-corrected chi connectivity index (χ3v) is 7.94. The van der Waals surface area contributed by atoms with Crippen LogP contribution in [-0.2, 0) is 14.3 Å². The van der Waals surface area contributed by atoms with Crippen molar-refractivity contribution in [3.8, 4) is 0 Å². The highest BCUT2D eigenvalue weighted by Gasteiger charge is 2.30. The van der Waals surface area contributed by atoms with Crippen LogP contribution in [0.3, 0.4) is 0 Å². The van der Waals surface area contributed by atoms with Crippen molar-refractivity contribution in [2.45, 2.75) is 0 Å². The Kier molecular flexibility index (Phi) is 7.78. The topological polar surface area (TPSA) is 94.2 Å². The third kappa shape index (κ3) is 5.73. The summed E-state index contributed by atoms with van der Waals surface area (Å²) in [5, 5.41) is 8.26. The molecule has 202 valence electrons. The van der Waals surface area contributed by atoms with Crippen molar-refractivity contribution in [1.82, 2.24) is 9.80 Å². The predicted octanol–water partition coefficient (Wildman–Crippen LogP) is 3.68. The van der Waals surface area contributed by atoms with Gasteiger partial charge in [0.2, 0.25) is 5.91 Å². The van der Waals surface area contributed by atoms with Crippen molar-refractivity contribution in [2.75, 3.05) is 69.5 Å². The van der Waals surface area contributed by atoms with Crippen LogP contribution in [-0.4, -0.2) is 81.5 Å². The van der Waals surface area contributed by atoms with E-state index in [0.717, 1.165) is 42.4 Å². The fourth-order valence-corrected chi connectivity index (χ4v) is 5.43. The fourth-order valence-electron chi connectivity index (χ4n) is 4.69. The van der Waals surface area contributed by atoms with Crippen LogP contribution in [0.15, 0.2) is 60.0 Å². The molecule has 1 saturated heterocycles. The van der Waals surface area contributed by atoms with Gasteiger partial charge in [0.25, 0.3) is 5.91 Å². The number of rotatable bonds is 7. The van der Waals surface area contributed by atoms with Crippen molar-refractivity contribution in [1.29, 1.82) is 0 Å². The summed E-state index contributed by atoms with van der Waals surface area (Å²) in [6.07, 6.45) is 0. The smallest absolute Gasteiger partial charge is 0.337 e. The lowest BCUT2D eigenvalue weighted by molar-refractivity contribution is -0.119. The molecule has 0 bridgehead atoms. The monoisotopic (exact) mass is 545 g/mol. The molecule has 3 heterocycles. The van der Waals surface area contributed by atoms with Gasteiger partial charge in [-0.3, -0.25) is 14.5 Å². The zero-order valence-corrected chi connectivity index (χ0v) is 23.0. The van der Waals surface area contributed by atoms with E-state index in [1.165, 1.54) is 18.4 Å². The molecule has 2 amide bonds. The number of nitrogens with one attached hydrogen (secondary N) is 2. The number of fused-ring (bicyclic) bond motifs is 1. The van der Waals surface area contributed by atoms with E-state index < -0.39 is 5.97 Å². The van der Waals surface area contributed by atoms with Crippen LogP contribution in [0.2, 0.25) is 0 Å². The van der Waals surface area contributed by atoms with Gasteiger partial charge in [0.15, 0.2) is 0 Å². The molecule has 5 rings (SSSR count). The quantitative estimate of drug-likeness (QED) is 0.346. The second-order valence-electron chi connectivity index (χ2n) is 9.64. The molecule has 39 heavy (non-hydrogen) atoms. The van der Waals surface area contributed by atoms with Gasteiger partial charge in [-0.25, -0.2) is 4.79 Å². The number of piperazine rings is 1. The number of carbonyl (C=O) groups is 3. The number of amides is 2. The first-order valence-electron chi connectivity index (χ1n) is 12.7. The maximum Gasteiger partial charge on any atom is 0.337 e. The zero-order valence-electron chi connectivity index (χ0n) is 22.2. The molecular weight excluding hydrogens is 514 g/mol. The van der Waals surface area contributed by atoms with Gasteiger partial charge in [0.1, 0.15) is 0 Å². The molecule has 0 spiro atoms. The van der Waals surface area contributed by atoms with Crippen LogP contribution >= 0.6 is 11.3 Å². The lowest BCUT2D eigenvalue weighted by Crippen LogP contribution is -2.48. The largest absolute Gasteiger partial charge is 0.465 e. The molecule has 0 radical (unpaired) electrons. The Morgan fingerprint density at radius 1 is 1.08 bits per heavy atom. The molecule has 2 N–H and O–H groups in total. The molecule has 0 atom stereocenters. The van der Waals surface area contributed by atoms with E-state index in [9.17, 15) is 14.4 Å². The Bertz CT molecular complexity index is 1410. The highest BCUT2D eigenvalue weighted by Crippen LogP contribution is 2.39. The second kappa shape index (κ2) is 11.4. The normalized spacial score (nSPS) is 16.8. The van der Waals surface area contributed by atoms with Crippen LogP contribution in [0.25, 0.3) is 11.3 Å². The predicted molar refractivity (Wildman–Crippen MR) is 155 cm³/mol. The molecular formula is C29H31N5O4S. The maximum atomic E-state index is 13.1. The summed E-state index contributed by atoms with van der Waals surface area (Å²) >= 11 is 1.52. The molecule has 9 nitrogen and oxygen atoms in total. The van der Waals surface area contributed by atoms with E-state index in [1.807, 2.05) is 41.8 Å². The molecule has 2 aromatic carbocycles. The van der Waals surface area contributed by atoms with Gasteiger partial charge >= 0.3 is 5.97 Å². The van der Waals surface area contributed by atoms with Gasteiger partial charge in [-0.1, -0.05) is 12.1 Å². The number of ether oxygens (including phenoxy) is 1. The van der Waals surface area contributed by atoms with Gasteiger partial charge < -0.3 is 25.2 Å². The van der Waals surface area contributed by atoms with E-state index in [4.69, 9.17) is 4.74 Å². The molecule has 3 aromatic rings. The van der Waals surface area contributed by atoms with Crippen molar-refractivity contribution < 1.29 is 19.1 Å². The lowest BCUT2D eigenvalue weighted by atomic mass is 10.0. The number of nitrogens with zero attached hydrogens (tertiary/aromatic N) is 3. The highest BCUT2D eigenvalue weighted by atomic mass is 32.1. The number of benzene rings is 2. The second-order valence-corrected chi connectivity index (χ2v) is 10.6.